The number of likely N-dealkylation sites (N-methyl/N-ethyl adjacent to an activating group) is 1. The first-order chi connectivity index (χ1) is 10.6. The molecule has 4 nitrogen and oxygen atoms in total. The second kappa shape index (κ2) is 6.26. The fraction of sp³-hybridized carbons (Fsp3) is 0.353. The number of aromatic nitrogens is 1. The summed E-state index contributed by atoms with van der Waals surface area (Å²) in [6, 6.07) is 6.46. The monoisotopic (exact) mass is 362 g/mol. The molecule has 0 amide bonds. The Morgan fingerprint density at radius 1 is 1.45 bits per heavy atom. The van der Waals surface area contributed by atoms with E-state index in [1.165, 1.54) is 18.1 Å². The Labute approximate surface area is 138 Å². The van der Waals surface area contributed by atoms with Crippen molar-refractivity contribution in [3.05, 3.63) is 46.6 Å². The van der Waals surface area contributed by atoms with Crippen molar-refractivity contribution in [2.24, 2.45) is 5.92 Å². The summed E-state index contributed by atoms with van der Waals surface area (Å²) < 4.78 is 5.93. The van der Waals surface area contributed by atoms with Gasteiger partial charge in [-0.1, -0.05) is 34.1 Å². The van der Waals surface area contributed by atoms with Crippen LogP contribution in [-0.4, -0.2) is 42.6 Å². The number of carbonyl (C=O) groups excluding carboxylic acids is 1. The maximum absolute atomic E-state index is 11.6. The van der Waals surface area contributed by atoms with Crippen molar-refractivity contribution in [1.29, 1.82) is 0 Å². The number of nitrogens with one attached hydrogen (secondary N) is 1. The SMILES string of the molecule is COC(=O)C1C=C[C@@H](Cc2c[nH]c3cccc(Br)c23)N(C)C1. The zero-order valence-electron chi connectivity index (χ0n) is 12.7. The van der Waals surface area contributed by atoms with Gasteiger partial charge in [0, 0.05) is 34.2 Å². The van der Waals surface area contributed by atoms with Crippen LogP contribution in [0.15, 0.2) is 41.0 Å². The number of benzene rings is 1. The molecule has 1 N–H and O–H groups in total. The molecule has 5 heteroatoms. The van der Waals surface area contributed by atoms with Gasteiger partial charge in [0.05, 0.1) is 13.0 Å². The molecule has 22 heavy (non-hydrogen) atoms. The van der Waals surface area contributed by atoms with Crippen LogP contribution in [0.25, 0.3) is 10.9 Å². The van der Waals surface area contributed by atoms with Crippen LogP contribution in [0.5, 0.6) is 0 Å². The van der Waals surface area contributed by atoms with E-state index in [1.807, 2.05) is 19.2 Å². The van der Waals surface area contributed by atoms with Crippen molar-refractivity contribution < 1.29 is 9.53 Å². The summed E-state index contributed by atoms with van der Waals surface area (Å²) in [5.74, 6) is -0.336. The van der Waals surface area contributed by atoms with Crippen molar-refractivity contribution in [3.63, 3.8) is 0 Å². The number of halogens is 1. The highest BCUT2D eigenvalue weighted by molar-refractivity contribution is 9.10. The minimum Gasteiger partial charge on any atom is -0.469 e. The smallest absolute Gasteiger partial charge is 0.313 e. The van der Waals surface area contributed by atoms with Gasteiger partial charge in [-0.05, 0) is 31.2 Å². The molecule has 0 radical (unpaired) electrons. The average molecular weight is 363 g/mol. The molecule has 0 aliphatic carbocycles. The van der Waals surface area contributed by atoms with Gasteiger partial charge in [-0.15, -0.1) is 0 Å². The fourth-order valence-corrected chi connectivity index (χ4v) is 3.66. The molecule has 0 spiro atoms. The summed E-state index contributed by atoms with van der Waals surface area (Å²) in [7, 11) is 3.49. The largest absolute Gasteiger partial charge is 0.469 e. The van der Waals surface area contributed by atoms with Crippen molar-refractivity contribution in [3.8, 4) is 0 Å². The Morgan fingerprint density at radius 3 is 3.00 bits per heavy atom. The molecule has 0 saturated carbocycles. The van der Waals surface area contributed by atoms with Crippen molar-refractivity contribution >= 4 is 32.8 Å². The van der Waals surface area contributed by atoms with Crippen LogP contribution in [0.2, 0.25) is 0 Å². The van der Waals surface area contributed by atoms with Crippen LogP contribution < -0.4 is 0 Å². The molecule has 0 fully saturated rings. The zero-order chi connectivity index (χ0) is 15.7. The van der Waals surface area contributed by atoms with E-state index in [0.29, 0.717) is 6.54 Å². The van der Waals surface area contributed by atoms with E-state index in [9.17, 15) is 4.79 Å². The lowest BCUT2D eigenvalue weighted by molar-refractivity contribution is -0.144. The fourth-order valence-electron chi connectivity index (χ4n) is 3.04. The third kappa shape index (κ3) is 2.83. The van der Waals surface area contributed by atoms with Crippen LogP contribution in [0.3, 0.4) is 0 Å². The van der Waals surface area contributed by atoms with Gasteiger partial charge in [0.1, 0.15) is 0 Å². The number of ether oxygens (including phenoxy) is 1. The van der Waals surface area contributed by atoms with E-state index in [-0.39, 0.29) is 17.9 Å². The summed E-state index contributed by atoms with van der Waals surface area (Å²) >= 11 is 3.63. The van der Waals surface area contributed by atoms with E-state index >= 15 is 0 Å². The number of fused-ring (bicyclic) bond motifs is 1. The molecule has 2 aromatic rings. The summed E-state index contributed by atoms with van der Waals surface area (Å²) in [6.45, 7) is 0.692. The number of rotatable bonds is 3. The quantitative estimate of drug-likeness (QED) is 0.673. The number of methoxy groups -OCH3 is 1. The molecule has 0 bridgehead atoms. The number of hydrogen-bond donors (Lipinski definition) is 1. The number of H-pyrrole nitrogens is 1. The van der Waals surface area contributed by atoms with E-state index < -0.39 is 0 Å². The molecular weight excluding hydrogens is 344 g/mol. The molecule has 1 aliphatic heterocycles. The summed E-state index contributed by atoms with van der Waals surface area (Å²) in [5.41, 5.74) is 2.42. The molecule has 2 heterocycles. The van der Waals surface area contributed by atoms with Gasteiger partial charge in [0.2, 0.25) is 0 Å². The van der Waals surface area contributed by atoms with E-state index in [0.717, 1.165) is 16.4 Å². The molecule has 2 atom stereocenters. The van der Waals surface area contributed by atoms with Crippen LogP contribution in [0.1, 0.15) is 5.56 Å². The maximum atomic E-state index is 11.6. The molecule has 1 aromatic carbocycles. The predicted molar refractivity (Wildman–Crippen MR) is 90.8 cm³/mol. The summed E-state index contributed by atoms with van der Waals surface area (Å²) in [5, 5.41) is 1.24. The summed E-state index contributed by atoms with van der Waals surface area (Å²) in [4.78, 5) is 17.2. The van der Waals surface area contributed by atoms with Gasteiger partial charge in [-0.3, -0.25) is 9.69 Å². The van der Waals surface area contributed by atoms with Crippen LogP contribution >= 0.6 is 15.9 Å². The Bertz CT molecular complexity index is 723. The third-order valence-electron chi connectivity index (χ3n) is 4.29. The highest BCUT2D eigenvalue weighted by Crippen LogP contribution is 2.29. The van der Waals surface area contributed by atoms with E-state index in [1.54, 1.807) is 0 Å². The lowest BCUT2D eigenvalue weighted by atomic mass is 9.96. The first-order valence-corrected chi connectivity index (χ1v) is 8.10. The molecule has 1 aliphatic rings. The standard InChI is InChI=1S/C17H19BrN2O2/c1-20-10-11(17(21)22-2)6-7-13(20)8-12-9-19-15-5-3-4-14(18)16(12)15/h3-7,9,11,13,19H,8,10H2,1-2H3/t11?,13-/m0/s1. The van der Waals surface area contributed by atoms with E-state index in [2.05, 4.69) is 50.2 Å². The van der Waals surface area contributed by atoms with Gasteiger partial charge in [0.15, 0.2) is 0 Å². The zero-order valence-corrected chi connectivity index (χ0v) is 14.3. The van der Waals surface area contributed by atoms with Gasteiger partial charge < -0.3 is 9.72 Å². The Balaban J connectivity index is 1.82. The topological polar surface area (TPSA) is 45.3 Å². The van der Waals surface area contributed by atoms with Crippen LogP contribution in [0.4, 0.5) is 0 Å². The van der Waals surface area contributed by atoms with Crippen LogP contribution in [0, 0.1) is 5.92 Å². The molecule has 3 rings (SSSR count). The number of nitrogens with zero attached hydrogens (tertiary/aromatic N) is 1. The third-order valence-corrected chi connectivity index (χ3v) is 4.95. The van der Waals surface area contributed by atoms with Gasteiger partial charge in [0.25, 0.3) is 0 Å². The first-order valence-electron chi connectivity index (χ1n) is 7.31. The van der Waals surface area contributed by atoms with E-state index in [4.69, 9.17) is 4.74 Å². The highest BCUT2D eigenvalue weighted by atomic mass is 79.9. The lowest BCUT2D eigenvalue weighted by Gasteiger charge is -2.31. The number of aromatic amines is 1. The molecule has 1 aromatic heterocycles. The molecule has 116 valence electrons. The second-order valence-electron chi connectivity index (χ2n) is 5.70. The molecule has 1 unspecified atom stereocenters. The first kappa shape index (κ1) is 15.3. The second-order valence-corrected chi connectivity index (χ2v) is 6.56. The Kier molecular flexibility index (Phi) is 4.36. The van der Waals surface area contributed by atoms with Crippen molar-refractivity contribution in [2.75, 3.05) is 20.7 Å². The lowest BCUT2D eigenvalue weighted by Crippen LogP contribution is -2.41. The molecular formula is C17H19BrN2O2. The number of esters is 1. The van der Waals surface area contributed by atoms with Crippen LogP contribution in [-0.2, 0) is 16.0 Å². The minimum atomic E-state index is -0.170. The average Bonchev–Trinajstić information content (AvgIpc) is 2.93. The predicted octanol–water partition coefficient (Wildman–Crippen LogP) is 3.13. The van der Waals surface area contributed by atoms with Crippen molar-refractivity contribution in [2.45, 2.75) is 12.5 Å². The summed E-state index contributed by atoms with van der Waals surface area (Å²) in [6.07, 6.45) is 7.06. The normalized spacial score (nSPS) is 22.1. The highest BCUT2D eigenvalue weighted by Gasteiger charge is 2.26. The Morgan fingerprint density at radius 2 is 2.27 bits per heavy atom. The maximum Gasteiger partial charge on any atom is 0.313 e. The van der Waals surface area contributed by atoms with Gasteiger partial charge in [-0.25, -0.2) is 0 Å². The Hall–Kier alpha value is -1.59. The number of carbonyl (C=O) groups is 1. The van der Waals surface area contributed by atoms with Crippen molar-refractivity contribution in [1.82, 2.24) is 9.88 Å². The number of hydrogen-bond acceptors (Lipinski definition) is 3. The minimum absolute atomic E-state index is 0.166. The molecule has 0 saturated heterocycles. The van der Waals surface area contributed by atoms with Gasteiger partial charge >= 0.3 is 5.97 Å². The van der Waals surface area contributed by atoms with Gasteiger partial charge in [-0.2, -0.15) is 0 Å².